The summed E-state index contributed by atoms with van der Waals surface area (Å²) in [6.45, 7) is -0.395. The van der Waals surface area contributed by atoms with Gasteiger partial charge in [0.05, 0.1) is 30.5 Å². The maximum Gasteiger partial charge on any atom is 0.333 e. The Morgan fingerprint density at radius 1 is 1.00 bits per heavy atom. The minimum Gasteiger partial charge on any atom is -0.497 e. The second-order valence-corrected chi connectivity index (χ2v) is 7.94. The lowest BCUT2D eigenvalue weighted by atomic mass is 10.1. The van der Waals surface area contributed by atoms with Gasteiger partial charge in [0, 0.05) is 30.4 Å². The van der Waals surface area contributed by atoms with Crippen LogP contribution in [0.1, 0.15) is 5.56 Å². The van der Waals surface area contributed by atoms with Crippen molar-refractivity contribution in [1.82, 2.24) is 9.78 Å². The Morgan fingerprint density at radius 2 is 1.74 bits per heavy atom. The van der Waals surface area contributed by atoms with Crippen LogP contribution in [0.4, 0.5) is 30.6 Å². The van der Waals surface area contributed by atoms with Gasteiger partial charge in [-0.15, -0.1) is 0 Å². The molecule has 2 heterocycles. The Balaban J connectivity index is 1.58. The summed E-state index contributed by atoms with van der Waals surface area (Å²) in [6, 6.07) is 17.6. The number of ether oxygens (including phenoxy) is 2. The van der Waals surface area contributed by atoms with Gasteiger partial charge in [-0.25, -0.2) is 13.6 Å². The van der Waals surface area contributed by atoms with E-state index in [1.54, 1.807) is 64.1 Å². The molecular weight excluding hydrogens is 442 g/mol. The van der Waals surface area contributed by atoms with Gasteiger partial charge in [0.1, 0.15) is 18.1 Å². The van der Waals surface area contributed by atoms with E-state index in [-0.39, 0.29) is 11.8 Å². The Kier molecular flexibility index (Phi) is 5.53. The van der Waals surface area contributed by atoms with Crippen molar-refractivity contribution in [1.29, 1.82) is 0 Å². The summed E-state index contributed by atoms with van der Waals surface area (Å²) in [5.41, 5.74) is 3.62. The number of carbonyl (C=O) groups excluding carboxylic acids is 1. The number of alkyl halides is 2. The summed E-state index contributed by atoms with van der Waals surface area (Å²) in [5.74, 6) is 0.928. The lowest BCUT2D eigenvalue weighted by Crippen LogP contribution is -2.45. The molecule has 0 unspecified atom stereocenters. The van der Waals surface area contributed by atoms with Crippen LogP contribution in [0.2, 0.25) is 0 Å². The highest BCUT2D eigenvalue weighted by Crippen LogP contribution is 2.39. The van der Waals surface area contributed by atoms with E-state index in [1.807, 2.05) is 31.4 Å². The molecule has 1 aliphatic heterocycles. The van der Waals surface area contributed by atoms with Crippen molar-refractivity contribution >= 4 is 34.0 Å². The molecule has 1 aromatic heterocycles. The molecule has 3 aromatic carbocycles. The van der Waals surface area contributed by atoms with Crippen LogP contribution >= 0.6 is 0 Å². The molecule has 0 aliphatic carbocycles. The predicted octanol–water partition coefficient (Wildman–Crippen LogP) is 5.50. The van der Waals surface area contributed by atoms with Gasteiger partial charge >= 0.3 is 6.03 Å². The molecule has 4 aromatic rings. The molecule has 1 aliphatic rings. The van der Waals surface area contributed by atoms with Gasteiger partial charge in [0.15, 0.2) is 0 Å². The normalized spacial score (nSPS) is 13.5. The second kappa shape index (κ2) is 8.66. The Hall–Kier alpha value is -4.14. The molecule has 0 saturated heterocycles. The summed E-state index contributed by atoms with van der Waals surface area (Å²) < 4.78 is 37.5. The molecule has 0 radical (unpaired) electrons. The third-order valence-corrected chi connectivity index (χ3v) is 5.67. The number of aryl methyl sites for hydroxylation is 1. The summed E-state index contributed by atoms with van der Waals surface area (Å²) in [7, 11) is 3.42. The third kappa shape index (κ3) is 4.00. The number of benzene rings is 3. The quantitative estimate of drug-likeness (QED) is 0.378. The number of urea groups is 1. The number of fused-ring (bicyclic) bond motifs is 2. The standard InChI is InChI=1S/C25H22F2N4O3/c1-29-13-17-11-19(6-10-22(17)28-29)30-14-16-3-7-21(34-15-24(26)27)12-23(16)31(25(30)32)18-4-8-20(33-2)9-5-18/h3-13,24H,14-15H2,1-2H3. The van der Waals surface area contributed by atoms with Crippen LogP contribution in [0.5, 0.6) is 11.5 Å². The first-order chi connectivity index (χ1) is 16.4. The number of carbonyl (C=O) groups is 1. The van der Waals surface area contributed by atoms with Crippen LogP contribution in [0.3, 0.4) is 0 Å². The molecule has 0 spiro atoms. The van der Waals surface area contributed by atoms with E-state index in [2.05, 4.69) is 5.10 Å². The van der Waals surface area contributed by atoms with Gasteiger partial charge < -0.3 is 9.47 Å². The summed E-state index contributed by atoms with van der Waals surface area (Å²) >= 11 is 0. The zero-order valence-corrected chi connectivity index (χ0v) is 18.6. The number of anilines is 3. The average Bonchev–Trinajstić information content (AvgIpc) is 3.21. The van der Waals surface area contributed by atoms with Crippen molar-refractivity contribution in [2.24, 2.45) is 7.05 Å². The van der Waals surface area contributed by atoms with Gasteiger partial charge in [-0.2, -0.15) is 5.10 Å². The van der Waals surface area contributed by atoms with E-state index >= 15 is 0 Å². The molecule has 0 bridgehead atoms. The molecule has 7 nitrogen and oxygen atoms in total. The molecular formula is C25H22F2N4O3. The summed E-state index contributed by atoms with van der Waals surface area (Å²) in [4.78, 5) is 17.0. The fraction of sp³-hybridized carbons (Fsp3) is 0.200. The highest BCUT2D eigenvalue weighted by atomic mass is 19.3. The fourth-order valence-electron chi connectivity index (χ4n) is 4.08. The first kappa shape index (κ1) is 21.7. The SMILES string of the molecule is COc1ccc(N2C(=O)N(c3ccc4nn(C)cc4c3)Cc3ccc(OCC(F)F)cc32)cc1. The van der Waals surface area contributed by atoms with Crippen LogP contribution in [-0.4, -0.2) is 36.0 Å². The van der Waals surface area contributed by atoms with Crippen molar-refractivity contribution in [2.45, 2.75) is 13.0 Å². The van der Waals surface area contributed by atoms with Gasteiger partial charge in [-0.05, 0) is 54.1 Å². The van der Waals surface area contributed by atoms with Crippen LogP contribution < -0.4 is 19.3 Å². The predicted molar refractivity (Wildman–Crippen MR) is 125 cm³/mol. The lowest BCUT2D eigenvalue weighted by Gasteiger charge is -2.37. The monoisotopic (exact) mass is 464 g/mol. The maximum absolute atomic E-state index is 13.8. The number of halogens is 2. The number of nitrogens with zero attached hydrogens (tertiary/aromatic N) is 4. The third-order valence-electron chi connectivity index (χ3n) is 5.67. The first-order valence-corrected chi connectivity index (χ1v) is 10.7. The van der Waals surface area contributed by atoms with E-state index in [0.29, 0.717) is 23.7 Å². The lowest BCUT2D eigenvalue weighted by molar-refractivity contribution is 0.0819. The molecule has 9 heteroatoms. The van der Waals surface area contributed by atoms with Crippen LogP contribution in [0.15, 0.2) is 66.9 Å². The zero-order chi connectivity index (χ0) is 23.8. The van der Waals surface area contributed by atoms with Crippen molar-refractivity contribution in [3.8, 4) is 11.5 Å². The number of rotatable bonds is 6. The molecule has 0 atom stereocenters. The average molecular weight is 464 g/mol. The number of methoxy groups -OCH3 is 1. The van der Waals surface area contributed by atoms with Gasteiger partial charge in [-0.1, -0.05) is 6.07 Å². The van der Waals surface area contributed by atoms with Crippen LogP contribution in [-0.2, 0) is 13.6 Å². The molecule has 0 N–H and O–H groups in total. The Labute approximate surface area is 194 Å². The van der Waals surface area contributed by atoms with Gasteiger partial charge in [0.2, 0.25) is 0 Å². The van der Waals surface area contributed by atoms with Crippen molar-refractivity contribution in [3.63, 3.8) is 0 Å². The van der Waals surface area contributed by atoms with Crippen LogP contribution in [0, 0.1) is 0 Å². The van der Waals surface area contributed by atoms with Crippen molar-refractivity contribution in [3.05, 3.63) is 72.4 Å². The van der Waals surface area contributed by atoms with Crippen LogP contribution in [0.25, 0.3) is 10.9 Å². The molecule has 34 heavy (non-hydrogen) atoms. The zero-order valence-electron chi connectivity index (χ0n) is 18.6. The smallest absolute Gasteiger partial charge is 0.333 e. The van der Waals surface area contributed by atoms with E-state index in [1.165, 1.54) is 0 Å². The van der Waals surface area contributed by atoms with E-state index in [9.17, 15) is 13.6 Å². The summed E-state index contributed by atoms with van der Waals surface area (Å²) in [5, 5.41) is 5.32. The molecule has 174 valence electrons. The highest BCUT2D eigenvalue weighted by Gasteiger charge is 2.33. The minimum absolute atomic E-state index is 0.271. The molecule has 0 saturated carbocycles. The van der Waals surface area contributed by atoms with Gasteiger partial charge in [0.25, 0.3) is 6.43 Å². The Morgan fingerprint density at radius 3 is 2.47 bits per heavy atom. The minimum atomic E-state index is -2.59. The maximum atomic E-state index is 13.8. The number of aromatic nitrogens is 2. The fourth-order valence-corrected chi connectivity index (χ4v) is 4.08. The van der Waals surface area contributed by atoms with Gasteiger partial charge in [-0.3, -0.25) is 14.5 Å². The molecule has 2 amide bonds. The second-order valence-electron chi connectivity index (χ2n) is 7.94. The molecule has 0 fully saturated rings. The van der Waals surface area contributed by atoms with E-state index in [0.717, 1.165) is 22.2 Å². The number of hydrogen-bond acceptors (Lipinski definition) is 4. The topological polar surface area (TPSA) is 59.8 Å². The number of amides is 2. The largest absolute Gasteiger partial charge is 0.497 e. The van der Waals surface area contributed by atoms with E-state index < -0.39 is 13.0 Å². The number of hydrogen-bond donors (Lipinski definition) is 0. The Bertz CT molecular complexity index is 1350. The van der Waals surface area contributed by atoms with Crippen molar-refractivity contribution in [2.75, 3.05) is 23.5 Å². The highest BCUT2D eigenvalue weighted by molar-refractivity contribution is 6.11. The van der Waals surface area contributed by atoms with E-state index in [4.69, 9.17) is 9.47 Å². The molecule has 5 rings (SSSR count). The summed E-state index contributed by atoms with van der Waals surface area (Å²) in [6.07, 6.45) is -0.692. The van der Waals surface area contributed by atoms with Crippen molar-refractivity contribution < 1.29 is 23.0 Å². The first-order valence-electron chi connectivity index (χ1n) is 10.7.